The lowest BCUT2D eigenvalue weighted by Gasteiger charge is -2.49. The number of hydrogen-bond acceptors (Lipinski definition) is 8. The summed E-state index contributed by atoms with van der Waals surface area (Å²) in [6.45, 7) is 1.66. The van der Waals surface area contributed by atoms with Gasteiger partial charge in [-0.3, -0.25) is 19.2 Å². The molecule has 5 N–H and O–H groups in total. The number of carbonyl (C=O) groups is 3. The standard InChI is InChI=1S/C19H20N4O6S3/c1-8-6-31-18-14(17(25)23(18)15(8)19(26)27)21-16(24)13(20)9-3-4-12-10(5-9)11(7-30-12)22-32(2,28)29/h3-5,7,13-14,18,22H,6,20H2,1-2H3,(H,21,24)(H,26,27)/t13?,14-,18+/m1/s1. The number of thiophene rings is 1. The summed E-state index contributed by atoms with van der Waals surface area (Å²) < 4.78 is 26.4. The average molecular weight is 497 g/mol. The molecule has 3 atom stereocenters. The molecule has 0 radical (unpaired) electrons. The molecule has 1 fully saturated rings. The maximum atomic E-state index is 12.8. The van der Waals surface area contributed by atoms with Crippen LogP contribution in [-0.4, -0.2) is 59.6 Å². The number of carboxylic acids is 1. The summed E-state index contributed by atoms with van der Waals surface area (Å²) in [4.78, 5) is 38.1. The van der Waals surface area contributed by atoms with Gasteiger partial charge in [0.1, 0.15) is 23.2 Å². The van der Waals surface area contributed by atoms with Crippen molar-refractivity contribution in [3.05, 3.63) is 40.4 Å². The maximum Gasteiger partial charge on any atom is 0.352 e. The first-order valence-corrected chi connectivity index (χ1v) is 13.2. The van der Waals surface area contributed by atoms with Gasteiger partial charge < -0.3 is 16.2 Å². The topological polar surface area (TPSA) is 159 Å². The van der Waals surface area contributed by atoms with Crippen LogP contribution in [0.3, 0.4) is 0 Å². The van der Waals surface area contributed by atoms with Crippen LogP contribution in [0.1, 0.15) is 18.5 Å². The van der Waals surface area contributed by atoms with Crippen molar-refractivity contribution in [3.8, 4) is 0 Å². The molecule has 0 aliphatic carbocycles. The highest BCUT2D eigenvalue weighted by Gasteiger charge is 2.53. The Hall–Kier alpha value is -2.61. The fourth-order valence-electron chi connectivity index (χ4n) is 3.69. The molecule has 170 valence electrons. The van der Waals surface area contributed by atoms with Crippen LogP contribution in [0.25, 0.3) is 10.1 Å². The van der Waals surface area contributed by atoms with E-state index in [1.54, 1.807) is 30.5 Å². The van der Waals surface area contributed by atoms with Crippen LogP contribution in [0.4, 0.5) is 5.69 Å². The van der Waals surface area contributed by atoms with Crippen molar-refractivity contribution in [2.24, 2.45) is 5.73 Å². The predicted molar refractivity (Wildman–Crippen MR) is 123 cm³/mol. The molecule has 4 rings (SSSR count). The third-order valence-electron chi connectivity index (χ3n) is 5.19. The maximum absolute atomic E-state index is 12.8. The lowest BCUT2D eigenvalue weighted by Crippen LogP contribution is -2.71. The van der Waals surface area contributed by atoms with Gasteiger partial charge in [-0.15, -0.1) is 23.1 Å². The first-order valence-electron chi connectivity index (χ1n) is 9.40. The second kappa shape index (κ2) is 8.06. The Bertz CT molecular complexity index is 1290. The van der Waals surface area contributed by atoms with E-state index in [-0.39, 0.29) is 5.70 Å². The van der Waals surface area contributed by atoms with E-state index >= 15 is 0 Å². The van der Waals surface area contributed by atoms with Crippen LogP contribution < -0.4 is 15.8 Å². The van der Waals surface area contributed by atoms with E-state index in [1.807, 2.05) is 0 Å². The monoisotopic (exact) mass is 496 g/mol. The number of carbonyl (C=O) groups excluding carboxylic acids is 2. The summed E-state index contributed by atoms with van der Waals surface area (Å²) in [7, 11) is -3.48. The zero-order valence-corrected chi connectivity index (χ0v) is 19.4. The number of nitrogens with zero attached hydrogens (tertiary/aromatic N) is 1. The summed E-state index contributed by atoms with van der Waals surface area (Å²) in [5, 5.41) is 13.8. The first-order chi connectivity index (χ1) is 15.0. The minimum absolute atomic E-state index is 0.0395. The lowest BCUT2D eigenvalue weighted by atomic mass is 10.0. The van der Waals surface area contributed by atoms with Gasteiger partial charge in [-0.05, 0) is 30.2 Å². The van der Waals surface area contributed by atoms with Crippen LogP contribution in [0.15, 0.2) is 34.8 Å². The van der Waals surface area contributed by atoms with Crippen molar-refractivity contribution in [1.82, 2.24) is 10.2 Å². The number of amides is 2. The summed E-state index contributed by atoms with van der Waals surface area (Å²) in [5.74, 6) is -1.81. The van der Waals surface area contributed by atoms with Crippen molar-refractivity contribution in [3.63, 3.8) is 0 Å². The van der Waals surface area contributed by atoms with Gasteiger partial charge in [0, 0.05) is 21.2 Å². The molecule has 2 aliphatic rings. The van der Waals surface area contributed by atoms with Gasteiger partial charge in [0.2, 0.25) is 15.9 Å². The van der Waals surface area contributed by atoms with Crippen molar-refractivity contribution in [2.75, 3.05) is 16.7 Å². The molecule has 1 aromatic heterocycles. The number of sulfonamides is 1. The molecular weight excluding hydrogens is 476 g/mol. The highest BCUT2D eigenvalue weighted by Crippen LogP contribution is 2.40. The van der Waals surface area contributed by atoms with Gasteiger partial charge in [0.25, 0.3) is 5.91 Å². The van der Waals surface area contributed by atoms with E-state index < -0.39 is 45.3 Å². The SMILES string of the molecule is CC1=C(C(=O)O)N2C(=O)[C@@H](NC(=O)C(N)c3ccc4scc(NS(C)(=O)=O)c4c3)[C@@H]2SC1. The third-order valence-corrected chi connectivity index (χ3v) is 8.17. The molecule has 0 spiro atoms. The molecule has 0 bridgehead atoms. The fourth-order valence-corrected chi connectivity index (χ4v) is 6.50. The Morgan fingerprint density at radius 3 is 2.72 bits per heavy atom. The van der Waals surface area contributed by atoms with E-state index in [1.165, 1.54) is 28.0 Å². The fraction of sp³-hybridized carbons (Fsp3) is 0.316. The number of carboxylic acid groups (broad SMARTS) is 1. The number of benzene rings is 1. The molecule has 10 nitrogen and oxygen atoms in total. The number of thioether (sulfide) groups is 1. The smallest absolute Gasteiger partial charge is 0.352 e. The molecule has 2 aromatic rings. The van der Waals surface area contributed by atoms with Gasteiger partial charge in [0.05, 0.1) is 11.9 Å². The largest absolute Gasteiger partial charge is 0.477 e. The summed E-state index contributed by atoms with van der Waals surface area (Å²) in [6, 6.07) is 3.09. The van der Waals surface area contributed by atoms with Crippen LogP contribution in [0.2, 0.25) is 0 Å². The van der Waals surface area contributed by atoms with Crippen LogP contribution in [0, 0.1) is 0 Å². The molecule has 32 heavy (non-hydrogen) atoms. The second-order valence-corrected chi connectivity index (χ2v) is 11.4. The van der Waals surface area contributed by atoms with Gasteiger partial charge in [-0.25, -0.2) is 13.2 Å². The molecule has 3 heterocycles. The van der Waals surface area contributed by atoms with Crippen LogP contribution in [0.5, 0.6) is 0 Å². The number of aliphatic carboxylic acids is 1. The summed E-state index contributed by atoms with van der Waals surface area (Å²) in [6.07, 6.45) is 1.05. The van der Waals surface area contributed by atoms with Crippen LogP contribution in [-0.2, 0) is 24.4 Å². The molecule has 0 saturated carbocycles. The first kappa shape index (κ1) is 22.6. The number of hydrogen-bond donors (Lipinski definition) is 4. The highest BCUT2D eigenvalue weighted by atomic mass is 32.2. The Kier molecular flexibility index (Phi) is 5.69. The quantitative estimate of drug-likeness (QED) is 0.432. The molecule has 13 heteroatoms. The van der Waals surface area contributed by atoms with Crippen molar-refractivity contribution in [1.29, 1.82) is 0 Å². The number of β-lactam (4-membered cyclic amide) rings is 1. The molecule has 1 unspecified atom stereocenters. The molecular formula is C19H20N4O6S3. The number of anilines is 1. The van der Waals surface area contributed by atoms with E-state index in [9.17, 15) is 27.9 Å². The Morgan fingerprint density at radius 1 is 1.34 bits per heavy atom. The highest BCUT2D eigenvalue weighted by molar-refractivity contribution is 8.00. The molecule has 2 aliphatic heterocycles. The van der Waals surface area contributed by atoms with Crippen molar-refractivity contribution in [2.45, 2.75) is 24.4 Å². The predicted octanol–water partition coefficient (Wildman–Crippen LogP) is 1.03. The lowest BCUT2D eigenvalue weighted by molar-refractivity contribution is -0.150. The second-order valence-electron chi connectivity index (χ2n) is 7.59. The zero-order chi connectivity index (χ0) is 23.4. The van der Waals surface area contributed by atoms with E-state index in [0.717, 1.165) is 11.0 Å². The Morgan fingerprint density at radius 2 is 2.06 bits per heavy atom. The van der Waals surface area contributed by atoms with Crippen molar-refractivity contribution < 1.29 is 27.9 Å². The van der Waals surface area contributed by atoms with Gasteiger partial charge in [-0.2, -0.15) is 0 Å². The average Bonchev–Trinajstić information content (AvgIpc) is 3.11. The number of rotatable bonds is 6. The van der Waals surface area contributed by atoms with Gasteiger partial charge >= 0.3 is 5.97 Å². The van der Waals surface area contributed by atoms with E-state index in [4.69, 9.17) is 5.73 Å². The third kappa shape index (κ3) is 3.96. The Balaban J connectivity index is 1.51. The molecule has 1 saturated heterocycles. The minimum atomic E-state index is -3.48. The zero-order valence-electron chi connectivity index (χ0n) is 17.0. The minimum Gasteiger partial charge on any atom is -0.477 e. The van der Waals surface area contributed by atoms with Crippen LogP contribution >= 0.6 is 23.1 Å². The van der Waals surface area contributed by atoms with Gasteiger partial charge in [-0.1, -0.05) is 6.07 Å². The number of fused-ring (bicyclic) bond motifs is 2. The Labute approximate surface area is 191 Å². The summed E-state index contributed by atoms with van der Waals surface area (Å²) in [5.41, 5.74) is 7.53. The number of nitrogens with one attached hydrogen (secondary N) is 2. The van der Waals surface area contributed by atoms with Crippen molar-refractivity contribution >= 4 is 66.7 Å². The molecule has 1 aromatic carbocycles. The van der Waals surface area contributed by atoms with Gasteiger partial charge in [0.15, 0.2) is 0 Å². The number of nitrogens with two attached hydrogens (primary N) is 1. The normalized spacial score (nSPS) is 21.7. The van der Waals surface area contributed by atoms with E-state index in [0.29, 0.717) is 28.0 Å². The molecule has 2 amide bonds. The van der Waals surface area contributed by atoms with E-state index in [2.05, 4.69) is 10.0 Å². The summed E-state index contributed by atoms with van der Waals surface area (Å²) >= 11 is 2.73.